The Morgan fingerprint density at radius 1 is 1.13 bits per heavy atom. The summed E-state index contributed by atoms with van der Waals surface area (Å²) in [5.41, 5.74) is 1.96. The van der Waals surface area contributed by atoms with Gasteiger partial charge in [0.2, 0.25) is 5.65 Å². The number of amides is 1. The van der Waals surface area contributed by atoms with E-state index in [4.69, 9.17) is 9.47 Å². The predicted octanol–water partition coefficient (Wildman–Crippen LogP) is 3.09. The number of hydrogen-bond donors (Lipinski definition) is 2. The fraction of sp³-hybridized carbons (Fsp3) is 0.476. The van der Waals surface area contributed by atoms with E-state index in [1.165, 1.54) is 7.11 Å². The van der Waals surface area contributed by atoms with Gasteiger partial charge < -0.3 is 20.1 Å². The summed E-state index contributed by atoms with van der Waals surface area (Å²) < 4.78 is 11.9. The number of unbranched alkanes of at least 4 members (excludes halogenated alkanes) is 1. The van der Waals surface area contributed by atoms with E-state index < -0.39 is 17.7 Å². The Morgan fingerprint density at radius 3 is 2.58 bits per heavy atom. The van der Waals surface area contributed by atoms with Crippen LogP contribution < -0.4 is 10.6 Å². The molecule has 31 heavy (non-hydrogen) atoms. The molecule has 0 saturated carbocycles. The van der Waals surface area contributed by atoms with Crippen molar-refractivity contribution in [2.45, 2.75) is 46.1 Å². The Hall–Kier alpha value is -3.43. The minimum atomic E-state index is -0.511. The van der Waals surface area contributed by atoms with Crippen LogP contribution in [-0.4, -0.2) is 57.4 Å². The zero-order valence-corrected chi connectivity index (χ0v) is 18.5. The number of aryl methyl sites for hydroxylation is 1. The van der Waals surface area contributed by atoms with Crippen molar-refractivity contribution < 1.29 is 19.1 Å². The summed E-state index contributed by atoms with van der Waals surface area (Å²) in [7, 11) is 1.34. The first-order valence-electron chi connectivity index (χ1n) is 10.1. The van der Waals surface area contributed by atoms with Gasteiger partial charge in [0, 0.05) is 13.1 Å². The van der Waals surface area contributed by atoms with E-state index in [9.17, 15) is 9.59 Å². The Kier molecular flexibility index (Phi) is 6.57. The number of alkyl carbamates (subject to hydrolysis) is 1. The zero-order valence-electron chi connectivity index (χ0n) is 18.5. The molecule has 10 nitrogen and oxygen atoms in total. The Bertz CT molecular complexity index is 1100. The number of carbonyl (C=O) groups is 2. The van der Waals surface area contributed by atoms with Crippen molar-refractivity contribution in [3.05, 3.63) is 29.6 Å². The van der Waals surface area contributed by atoms with E-state index in [2.05, 4.69) is 25.8 Å². The van der Waals surface area contributed by atoms with E-state index in [0.29, 0.717) is 35.6 Å². The van der Waals surface area contributed by atoms with E-state index >= 15 is 0 Å². The van der Waals surface area contributed by atoms with Crippen LogP contribution in [0.25, 0.3) is 16.7 Å². The van der Waals surface area contributed by atoms with Crippen molar-refractivity contribution in [2.75, 3.05) is 25.5 Å². The lowest BCUT2D eigenvalue weighted by atomic mass is 10.2. The SMILES string of the molecule is COC(=O)c1ccc2c(c1)nc(NCCCCNC(=O)OC(C)(C)C)c1nnc(C)n12. The lowest BCUT2D eigenvalue weighted by Gasteiger charge is -2.19. The third kappa shape index (κ3) is 5.39. The van der Waals surface area contributed by atoms with Crippen LogP contribution in [0.1, 0.15) is 49.8 Å². The molecule has 0 spiro atoms. The summed E-state index contributed by atoms with van der Waals surface area (Å²) in [4.78, 5) is 28.2. The number of aromatic nitrogens is 4. The molecule has 0 radical (unpaired) electrons. The van der Waals surface area contributed by atoms with Crippen LogP contribution in [0.5, 0.6) is 0 Å². The minimum Gasteiger partial charge on any atom is -0.465 e. The van der Waals surface area contributed by atoms with Gasteiger partial charge in [-0.05, 0) is 58.7 Å². The number of hydrogen-bond acceptors (Lipinski definition) is 8. The molecule has 0 aliphatic rings. The number of rotatable bonds is 7. The molecule has 2 N–H and O–H groups in total. The molecule has 2 heterocycles. The topological polar surface area (TPSA) is 120 Å². The second-order valence-electron chi connectivity index (χ2n) is 8.12. The second-order valence-corrected chi connectivity index (χ2v) is 8.12. The highest BCUT2D eigenvalue weighted by Gasteiger charge is 2.16. The fourth-order valence-corrected chi connectivity index (χ4v) is 3.10. The summed E-state index contributed by atoms with van der Waals surface area (Å²) in [5, 5.41) is 14.4. The van der Waals surface area contributed by atoms with Crippen LogP contribution in [0, 0.1) is 6.92 Å². The van der Waals surface area contributed by atoms with Gasteiger partial charge in [-0.2, -0.15) is 0 Å². The Morgan fingerprint density at radius 2 is 1.87 bits per heavy atom. The Balaban J connectivity index is 1.67. The molecule has 0 bridgehead atoms. The zero-order chi connectivity index (χ0) is 22.6. The summed E-state index contributed by atoms with van der Waals surface area (Å²) in [6.07, 6.45) is 1.16. The van der Waals surface area contributed by atoms with Gasteiger partial charge >= 0.3 is 12.1 Å². The van der Waals surface area contributed by atoms with Crippen LogP contribution in [-0.2, 0) is 9.47 Å². The summed E-state index contributed by atoms with van der Waals surface area (Å²) in [6.45, 7) is 8.49. The van der Waals surface area contributed by atoms with Gasteiger partial charge in [-0.1, -0.05) is 0 Å². The first kappa shape index (κ1) is 22.3. The molecule has 166 valence electrons. The van der Waals surface area contributed by atoms with Gasteiger partial charge in [0.25, 0.3) is 0 Å². The lowest BCUT2D eigenvalue weighted by Crippen LogP contribution is -2.33. The number of nitrogens with zero attached hydrogens (tertiary/aromatic N) is 4. The molecule has 0 fully saturated rings. The minimum absolute atomic E-state index is 0.418. The van der Waals surface area contributed by atoms with Crippen molar-refractivity contribution in [2.24, 2.45) is 0 Å². The highest BCUT2D eigenvalue weighted by molar-refractivity contribution is 5.94. The maximum absolute atomic E-state index is 11.9. The largest absolute Gasteiger partial charge is 0.465 e. The van der Waals surface area contributed by atoms with Crippen LogP contribution >= 0.6 is 0 Å². The third-order valence-corrected chi connectivity index (χ3v) is 4.47. The van der Waals surface area contributed by atoms with Crippen molar-refractivity contribution in [3.63, 3.8) is 0 Å². The second kappa shape index (κ2) is 9.15. The highest BCUT2D eigenvalue weighted by atomic mass is 16.6. The van der Waals surface area contributed by atoms with Crippen LogP contribution in [0.15, 0.2) is 18.2 Å². The van der Waals surface area contributed by atoms with Crippen LogP contribution in [0.3, 0.4) is 0 Å². The molecule has 0 unspecified atom stereocenters. The maximum atomic E-state index is 11.9. The number of benzene rings is 1. The standard InChI is InChI=1S/C21H28N6O4/c1-13-25-26-18-17(22-10-6-7-11-23-20(29)31-21(2,3)4)24-15-12-14(19(28)30-5)8-9-16(15)27(13)18/h8-9,12H,6-7,10-11H2,1-5H3,(H,22,24)(H,23,29). The highest BCUT2D eigenvalue weighted by Crippen LogP contribution is 2.23. The van der Waals surface area contributed by atoms with Gasteiger partial charge in [0.1, 0.15) is 11.4 Å². The maximum Gasteiger partial charge on any atom is 0.407 e. The summed E-state index contributed by atoms with van der Waals surface area (Å²) in [6, 6.07) is 5.19. The monoisotopic (exact) mass is 428 g/mol. The lowest BCUT2D eigenvalue weighted by molar-refractivity contribution is 0.0526. The molecule has 0 saturated heterocycles. The van der Waals surface area contributed by atoms with Crippen molar-refractivity contribution in [1.82, 2.24) is 24.9 Å². The number of fused-ring (bicyclic) bond motifs is 3. The third-order valence-electron chi connectivity index (χ3n) is 4.47. The van der Waals surface area contributed by atoms with E-state index in [1.54, 1.807) is 12.1 Å². The van der Waals surface area contributed by atoms with Crippen LogP contribution in [0.4, 0.5) is 10.6 Å². The predicted molar refractivity (Wildman–Crippen MR) is 116 cm³/mol. The average Bonchev–Trinajstić information content (AvgIpc) is 3.10. The van der Waals surface area contributed by atoms with Crippen molar-refractivity contribution in [1.29, 1.82) is 0 Å². The molecule has 1 aromatic carbocycles. The van der Waals surface area contributed by atoms with Gasteiger partial charge in [0.15, 0.2) is 5.82 Å². The number of nitrogens with one attached hydrogen (secondary N) is 2. The molecular weight excluding hydrogens is 400 g/mol. The van der Waals surface area contributed by atoms with Crippen molar-refractivity contribution >= 4 is 34.6 Å². The molecule has 0 aliphatic heterocycles. The number of ether oxygens (including phenoxy) is 2. The first-order valence-corrected chi connectivity index (χ1v) is 10.1. The van der Waals surface area contributed by atoms with E-state index in [1.807, 2.05) is 38.2 Å². The molecule has 0 atom stereocenters. The van der Waals surface area contributed by atoms with E-state index in [-0.39, 0.29) is 0 Å². The number of esters is 1. The molecule has 3 rings (SSSR count). The van der Waals surface area contributed by atoms with Gasteiger partial charge in [-0.25, -0.2) is 14.6 Å². The normalized spacial score (nSPS) is 11.5. The fourth-order valence-electron chi connectivity index (χ4n) is 3.10. The van der Waals surface area contributed by atoms with Gasteiger partial charge in [-0.3, -0.25) is 4.40 Å². The summed E-state index contributed by atoms with van der Waals surface area (Å²) in [5.74, 6) is 0.879. The van der Waals surface area contributed by atoms with Gasteiger partial charge in [-0.15, -0.1) is 10.2 Å². The molecule has 2 aromatic heterocycles. The van der Waals surface area contributed by atoms with E-state index in [0.717, 1.165) is 24.2 Å². The van der Waals surface area contributed by atoms with Crippen molar-refractivity contribution in [3.8, 4) is 0 Å². The molecule has 10 heteroatoms. The number of anilines is 1. The molecular formula is C21H28N6O4. The smallest absolute Gasteiger partial charge is 0.407 e. The Labute approximate surface area is 180 Å². The number of methoxy groups -OCH3 is 1. The number of carbonyl (C=O) groups excluding carboxylic acids is 2. The van der Waals surface area contributed by atoms with Crippen LogP contribution in [0.2, 0.25) is 0 Å². The molecule has 1 amide bonds. The first-order chi connectivity index (χ1) is 14.7. The quantitative estimate of drug-likeness (QED) is 0.435. The van der Waals surface area contributed by atoms with Gasteiger partial charge in [0.05, 0.1) is 23.7 Å². The summed E-state index contributed by atoms with van der Waals surface area (Å²) >= 11 is 0. The molecule has 0 aliphatic carbocycles. The molecule has 3 aromatic rings. The average molecular weight is 428 g/mol.